The van der Waals surface area contributed by atoms with Crippen LogP contribution in [-0.2, 0) is 9.31 Å². The quantitative estimate of drug-likeness (QED) is 0.348. The predicted octanol–water partition coefficient (Wildman–Crippen LogP) is 3.07. The molecule has 0 bridgehead atoms. The highest BCUT2D eigenvalue weighted by Gasteiger charge is 2.52. The lowest BCUT2D eigenvalue weighted by Gasteiger charge is -2.32. The highest BCUT2D eigenvalue weighted by molar-refractivity contribution is 6.63. The minimum Gasteiger partial charge on any atom is -0.494 e. The predicted molar refractivity (Wildman–Crippen MR) is 89.2 cm³/mol. The molecule has 1 aliphatic rings. The Kier molecular flexibility index (Phi) is 5.01. The number of non-ortho nitro benzene ring substituents is 1. The number of rotatable bonds is 6. The second-order valence-electron chi connectivity index (χ2n) is 6.77. The van der Waals surface area contributed by atoms with Crippen molar-refractivity contribution < 1.29 is 19.0 Å². The van der Waals surface area contributed by atoms with Gasteiger partial charge in [0, 0.05) is 17.6 Å². The van der Waals surface area contributed by atoms with Crippen LogP contribution in [0.1, 0.15) is 47.5 Å². The molecule has 0 N–H and O–H groups in total. The van der Waals surface area contributed by atoms with E-state index < -0.39 is 23.2 Å². The summed E-state index contributed by atoms with van der Waals surface area (Å²) in [5, 5.41) is 11.1. The number of hydrogen-bond donors (Lipinski definition) is 0. The van der Waals surface area contributed by atoms with Gasteiger partial charge in [-0.25, -0.2) is 0 Å². The Morgan fingerprint density at radius 3 is 2.35 bits per heavy atom. The highest BCUT2D eigenvalue weighted by atomic mass is 16.7. The Labute approximate surface area is 137 Å². The molecule has 0 aliphatic carbocycles. The van der Waals surface area contributed by atoms with Gasteiger partial charge in [0.2, 0.25) is 0 Å². The first-order valence-corrected chi connectivity index (χ1v) is 7.95. The van der Waals surface area contributed by atoms with Crippen LogP contribution in [-0.4, -0.2) is 29.9 Å². The van der Waals surface area contributed by atoms with E-state index in [4.69, 9.17) is 14.0 Å². The lowest BCUT2D eigenvalue weighted by molar-refractivity contribution is -0.384. The minimum atomic E-state index is -0.684. The zero-order valence-corrected chi connectivity index (χ0v) is 14.4. The third kappa shape index (κ3) is 3.67. The molecule has 23 heavy (non-hydrogen) atoms. The van der Waals surface area contributed by atoms with Crippen LogP contribution < -0.4 is 10.2 Å². The van der Waals surface area contributed by atoms with Gasteiger partial charge < -0.3 is 14.0 Å². The van der Waals surface area contributed by atoms with Crippen molar-refractivity contribution in [2.45, 2.75) is 58.7 Å². The molecule has 7 heteroatoms. The Balaban J connectivity index is 2.34. The summed E-state index contributed by atoms with van der Waals surface area (Å²) in [6, 6.07) is 4.54. The molecule has 0 saturated carbocycles. The first-order chi connectivity index (χ1) is 10.7. The molecule has 1 fully saturated rings. The Morgan fingerprint density at radius 1 is 1.22 bits per heavy atom. The van der Waals surface area contributed by atoms with Gasteiger partial charge in [0.05, 0.1) is 22.7 Å². The van der Waals surface area contributed by atoms with Crippen molar-refractivity contribution in [3.8, 4) is 5.75 Å². The lowest BCUT2D eigenvalue weighted by atomic mass is 9.78. The number of nitro benzene ring substituents is 1. The summed E-state index contributed by atoms with van der Waals surface area (Å²) >= 11 is 0. The van der Waals surface area contributed by atoms with Gasteiger partial charge in [-0.1, -0.05) is 13.3 Å². The molecule has 6 nitrogen and oxygen atoms in total. The van der Waals surface area contributed by atoms with E-state index in [0.717, 1.165) is 12.8 Å². The molecule has 0 aromatic heterocycles. The van der Waals surface area contributed by atoms with Crippen LogP contribution in [0.4, 0.5) is 5.69 Å². The summed E-state index contributed by atoms with van der Waals surface area (Å²) < 4.78 is 17.8. The fourth-order valence-electron chi connectivity index (χ4n) is 2.26. The number of hydrogen-bond acceptors (Lipinski definition) is 5. The normalized spacial score (nSPS) is 18.9. The third-order valence-electron chi connectivity index (χ3n) is 4.47. The van der Waals surface area contributed by atoms with E-state index >= 15 is 0 Å². The molecule has 1 heterocycles. The van der Waals surface area contributed by atoms with E-state index in [0.29, 0.717) is 17.8 Å². The second-order valence-corrected chi connectivity index (χ2v) is 6.77. The van der Waals surface area contributed by atoms with Crippen LogP contribution in [0.5, 0.6) is 5.75 Å². The van der Waals surface area contributed by atoms with E-state index in [1.54, 1.807) is 6.07 Å². The van der Waals surface area contributed by atoms with Crippen molar-refractivity contribution in [1.82, 2.24) is 0 Å². The smallest absolute Gasteiger partial charge is 0.494 e. The molecule has 126 valence electrons. The molecule has 0 amide bonds. The number of ether oxygens (including phenoxy) is 1. The summed E-state index contributed by atoms with van der Waals surface area (Å²) in [5.74, 6) is 0.572. The summed E-state index contributed by atoms with van der Waals surface area (Å²) in [4.78, 5) is 10.7. The largest absolute Gasteiger partial charge is 0.498 e. The van der Waals surface area contributed by atoms with Gasteiger partial charge in [-0.05, 0) is 40.2 Å². The van der Waals surface area contributed by atoms with E-state index in [9.17, 15) is 10.1 Å². The fourth-order valence-corrected chi connectivity index (χ4v) is 2.26. The SMILES string of the molecule is CCCCOc1ccc([N+](=O)[O-])cc1B1OC(C)(C)C(C)(C)O1. The highest BCUT2D eigenvalue weighted by Crippen LogP contribution is 2.37. The molecular formula is C16H24BNO5. The van der Waals surface area contributed by atoms with Gasteiger partial charge in [-0.2, -0.15) is 0 Å². The summed E-state index contributed by atoms with van der Waals surface area (Å²) in [5.41, 5.74) is -0.460. The molecule has 1 aromatic carbocycles. The number of benzene rings is 1. The first-order valence-electron chi connectivity index (χ1n) is 7.95. The van der Waals surface area contributed by atoms with Crippen LogP contribution in [0.15, 0.2) is 18.2 Å². The maximum Gasteiger partial charge on any atom is 0.498 e. The van der Waals surface area contributed by atoms with Crippen molar-refractivity contribution in [3.05, 3.63) is 28.3 Å². The van der Waals surface area contributed by atoms with Crippen LogP contribution in [0, 0.1) is 10.1 Å². The topological polar surface area (TPSA) is 70.8 Å². The van der Waals surface area contributed by atoms with Crippen molar-refractivity contribution in [1.29, 1.82) is 0 Å². The van der Waals surface area contributed by atoms with E-state index in [1.807, 2.05) is 27.7 Å². The third-order valence-corrected chi connectivity index (χ3v) is 4.47. The molecule has 1 aliphatic heterocycles. The van der Waals surface area contributed by atoms with Crippen molar-refractivity contribution in [2.24, 2.45) is 0 Å². The molecule has 0 radical (unpaired) electrons. The Bertz CT molecular complexity index is 572. The van der Waals surface area contributed by atoms with E-state index in [-0.39, 0.29) is 5.69 Å². The van der Waals surface area contributed by atoms with Gasteiger partial charge in [-0.15, -0.1) is 0 Å². The average Bonchev–Trinajstić information content (AvgIpc) is 2.67. The van der Waals surface area contributed by atoms with E-state index in [1.165, 1.54) is 12.1 Å². The Hall–Kier alpha value is -1.60. The average molecular weight is 321 g/mol. The standard InChI is InChI=1S/C16H24BNO5/c1-6-7-10-21-14-9-8-12(18(19)20)11-13(14)17-22-15(2,3)16(4,5)23-17/h8-9,11H,6-7,10H2,1-5H3. The van der Waals surface area contributed by atoms with Crippen LogP contribution >= 0.6 is 0 Å². The zero-order chi connectivity index (χ0) is 17.3. The van der Waals surface area contributed by atoms with Crippen LogP contribution in [0.25, 0.3) is 0 Å². The second kappa shape index (κ2) is 6.49. The summed E-state index contributed by atoms with van der Waals surface area (Å²) in [6.45, 7) is 10.4. The van der Waals surface area contributed by atoms with Crippen molar-refractivity contribution >= 4 is 18.3 Å². The maximum atomic E-state index is 11.1. The van der Waals surface area contributed by atoms with Gasteiger partial charge >= 0.3 is 7.12 Å². The van der Waals surface area contributed by atoms with Gasteiger partial charge in [0.15, 0.2) is 0 Å². The minimum absolute atomic E-state index is 0.00227. The molecule has 2 rings (SSSR count). The number of nitro groups is 1. The number of nitrogens with zero attached hydrogens (tertiary/aromatic N) is 1. The molecule has 0 spiro atoms. The molecular weight excluding hydrogens is 297 g/mol. The van der Waals surface area contributed by atoms with Gasteiger partial charge in [0.1, 0.15) is 5.75 Å². The summed E-state index contributed by atoms with van der Waals surface area (Å²) in [6.07, 6.45) is 1.93. The van der Waals surface area contributed by atoms with Gasteiger partial charge in [0.25, 0.3) is 5.69 Å². The molecule has 0 unspecified atom stereocenters. The van der Waals surface area contributed by atoms with Crippen molar-refractivity contribution in [3.63, 3.8) is 0 Å². The van der Waals surface area contributed by atoms with Gasteiger partial charge in [-0.3, -0.25) is 10.1 Å². The van der Waals surface area contributed by atoms with Crippen LogP contribution in [0.2, 0.25) is 0 Å². The number of unbranched alkanes of at least 4 members (excludes halogenated alkanes) is 1. The maximum absolute atomic E-state index is 11.1. The molecule has 1 saturated heterocycles. The van der Waals surface area contributed by atoms with Crippen LogP contribution in [0.3, 0.4) is 0 Å². The Morgan fingerprint density at radius 2 is 1.83 bits per heavy atom. The fraction of sp³-hybridized carbons (Fsp3) is 0.625. The van der Waals surface area contributed by atoms with E-state index in [2.05, 4.69) is 6.92 Å². The molecule has 0 atom stereocenters. The monoisotopic (exact) mass is 321 g/mol. The molecule has 1 aromatic rings. The zero-order valence-electron chi connectivity index (χ0n) is 14.4. The lowest BCUT2D eigenvalue weighted by Crippen LogP contribution is -2.41. The summed E-state index contributed by atoms with van der Waals surface area (Å²) in [7, 11) is -0.684. The van der Waals surface area contributed by atoms with Crippen molar-refractivity contribution in [2.75, 3.05) is 6.61 Å². The first kappa shape index (κ1) is 17.8.